The van der Waals surface area contributed by atoms with Gasteiger partial charge in [0.15, 0.2) is 0 Å². The van der Waals surface area contributed by atoms with Gasteiger partial charge in [0.2, 0.25) is 0 Å². The van der Waals surface area contributed by atoms with E-state index in [1.807, 2.05) is 6.92 Å². The minimum Gasteiger partial charge on any atom is -0.858 e. The van der Waals surface area contributed by atoms with Crippen LogP contribution in [-0.2, 0) is 12.6 Å². The molecule has 10 heteroatoms. The second-order valence-corrected chi connectivity index (χ2v) is 8.36. The molecule has 1 fully saturated rings. The van der Waals surface area contributed by atoms with E-state index in [0.717, 1.165) is 31.0 Å². The fraction of sp³-hybridized carbons (Fsp3) is 0.409. The van der Waals surface area contributed by atoms with E-state index in [1.54, 1.807) is 6.07 Å². The maximum Gasteiger partial charge on any atom is 0.433 e. The number of hydrogen-bond donors (Lipinski definition) is 2. The fourth-order valence-electron chi connectivity index (χ4n) is 4.10. The number of benzene rings is 1. The highest BCUT2D eigenvalue weighted by Crippen LogP contribution is 2.35. The summed E-state index contributed by atoms with van der Waals surface area (Å²) in [5.74, 6) is -0.318. The van der Waals surface area contributed by atoms with E-state index in [0.29, 0.717) is 34.5 Å². The van der Waals surface area contributed by atoms with E-state index in [2.05, 4.69) is 25.5 Å². The van der Waals surface area contributed by atoms with E-state index in [1.165, 1.54) is 18.3 Å². The summed E-state index contributed by atoms with van der Waals surface area (Å²) in [7, 11) is 0. The number of aromatic nitrogens is 3. The van der Waals surface area contributed by atoms with Crippen molar-refractivity contribution in [3.05, 3.63) is 52.4 Å². The molecule has 32 heavy (non-hydrogen) atoms. The largest absolute Gasteiger partial charge is 0.858 e. The molecule has 0 bridgehead atoms. The SMILES string of the molecule is CCc1[nH]ncc1C([O-])=NC1CCC[C@H](Nc2cc(C(F)(F)F)nc3ccc(Cl)cc23)C1. The van der Waals surface area contributed by atoms with Gasteiger partial charge in [0, 0.05) is 33.4 Å². The van der Waals surface area contributed by atoms with Crippen LogP contribution in [-0.4, -0.2) is 33.2 Å². The van der Waals surface area contributed by atoms with Gasteiger partial charge >= 0.3 is 6.18 Å². The summed E-state index contributed by atoms with van der Waals surface area (Å²) in [4.78, 5) is 8.10. The van der Waals surface area contributed by atoms with Gasteiger partial charge in [-0.2, -0.15) is 18.3 Å². The van der Waals surface area contributed by atoms with Crippen LogP contribution in [0.2, 0.25) is 5.02 Å². The van der Waals surface area contributed by atoms with Crippen molar-refractivity contribution in [3.8, 4) is 0 Å². The first kappa shape index (κ1) is 22.4. The molecule has 0 amide bonds. The minimum atomic E-state index is -4.57. The lowest BCUT2D eigenvalue weighted by molar-refractivity contribution is -0.213. The lowest BCUT2D eigenvalue weighted by Crippen LogP contribution is -2.32. The Balaban J connectivity index is 1.59. The number of rotatable bonds is 5. The molecule has 1 aliphatic rings. The average Bonchev–Trinajstić information content (AvgIpc) is 3.22. The minimum absolute atomic E-state index is 0.133. The molecule has 0 spiro atoms. The number of pyridine rings is 1. The molecule has 1 aromatic carbocycles. The monoisotopic (exact) mass is 464 g/mol. The number of alkyl halides is 3. The van der Waals surface area contributed by atoms with Gasteiger partial charge in [-0.15, -0.1) is 0 Å². The number of anilines is 1. The molecule has 1 saturated carbocycles. The molecule has 170 valence electrons. The highest BCUT2D eigenvalue weighted by Gasteiger charge is 2.34. The maximum atomic E-state index is 13.4. The highest BCUT2D eigenvalue weighted by molar-refractivity contribution is 6.31. The van der Waals surface area contributed by atoms with Crippen LogP contribution in [0, 0.1) is 0 Å². The zero-order valence-corrected chi connectivity index (χ0v) is 18.1. The van der Waals surface area contributed by atoms with Crippen molar-refractivity contribution in [2.24, 2.45) is 4.99 Å². The first-order valence-corrected chi connectivity index (χ1v) is 10.8. The van der Waals surface area contributed by atoms with E-state index in [-0.39, 0.29) is 23.5 Å². The lowest BCUT2D eigenvalue weighted by Gasteiger charge is -2.30. The number of nitrogens with one attached hydrogen (secondary N) is 2. The third-order valence-electron chi connectivity index (χ3n) is 5.67. The fourth-order valence-corrected chi connectivity index (χ4v) is 4.27. The van der Waals surface area contributed by atoms with E-state index >= 15 is 0 Å². The number of nitrogens with zero attached hydrogens (tertiary/aromatic N) is 3. The summed E-state index contributed by atoms with van der Waals surface area (Å²) < 4.78 is 40.1. The van der Waals surface area contributed by atoms with Gasteiger partial charge in [0.25, 0.3) is 0 Å². The number of halogens is 4. The van der Waals surface area contributed by atoms with Crippen molar-refractivity contribution in [1.82, 2.24) is 15.2 Å². The normalized spacial score (nSPS) is 20.0. The van der Waals surface area contributed by atoms with Crippen LogP contribution in [0.15, 0.2) is 35.5 Å². The van der Waals surface area contributed by atoms with E-state index < -0.39 is 11.9 Å². The topological polar surface area (TPSA) is 89.0 Å². The van der Waals surface area contributed by atoms with Gasteiger partial charge in [-0.1, -0.05) is 18.5 Å². The number of aromatic amines is 1. The molecule has 0 aliphatic heterocycles. The summed E-state index contributed by atoms with van der Waals surface area (Å²) >= 11 is 6.08. The molecule has 1 aliphatic carbocycles. The maximum absolute atomic E-state index is 13.4. The smallest absolute Gasteiger partial charge is 0.433 e. The molecule has 0 saturated heterocycles. The van der Waals surface area contributed by atoms with Gasteiger partial charge < -0.3 is 10.4 Å². The molecule has 0 radical (unpaired) electrons. The molecule has 6 nitrogen and oxygen atoms in total. The van der Waals surface area contributed by atoms with Crippen molar-refractivity contribution in [2.75, 3.05) is 5.32 Å². The summed E-state index contributed by atoms with van der Waals surface area (Å²) in [6, 6.07) is 5.27. The van der Waals surface area contributed by atoms with Crippen molar-refractivity contribution < 1.29 is 18.3 Å². The average molecular weight is 465 g/mol. The second kappa shape index (κ2) is 8.97. The Kier molecular flexibility index (Phi) is 6.28. The molecule has 4 rings (SSSR count). The van der Waals surface area contributed by atoms with Crippen LogP contribution in [0.25, 0.3) is 10.9 Å². The number of fused-ring (bicyclic) bond motifs is 1. The lowest BCUT2D eigenvalue weighted by atomic mass is 9.91. The van der Waals surface area contributed by atoms with Crippen LogP contribution in [0.4, 0.5) is 18.9 Å². The zero-order valence-electron chi connectivity index (χ0n) is 17.3. The van der Waals surface area contributed by atoms with Crippen molar-refractivity contribution >= 4 is 34.1 Å². The van der Waals surface area contributed by atoms with Gasteiger partial charge in [0.1, 0.15) is 5.69 Å². The van der Waals surface area contributed by atoms with Crippen molar-refractivity contribution in [3.63, 3.8) is 0 Å². The number of aliphatic imine (C=N–C) groups is 1. The highest BCUT2D eigenvalue weighted by atomic mass is 35.5. The molecule has 2 heterocycles. The van der Waals surface area contributed by atoms with Crippen molar-refractivity contribution in [2.45, 2.75) is 57.3 Å². The van der Waals surface area contributed by atoms with E-state index in [9.17, 15) is 18.3 Å². The van der Waals surface area contributed by atoms with Crippen LogP contribution in [0.1, 0.15) is 49.6 Å². The third-order valence-corrected chi connectivity index (χ3v) is 5.90. The summed E-state index contributed by atoms with van der Waals surface area (Å²) in [6.07, 6.45) is 0.414. The Labute approximate surface area is 187 Å². The Bertz CT molecular complexity index is 1140. The molecule has 1 unspecified atom stereocenters. The summed E-state index contributed by atoms with van der Waals surface area (Å²) in [5, 5.41) is 23.5. The van der Waals surface area contributed by atoms with Crippen LogP contribution < -0.4 is 10.4 Å². The number of H-pyrrole nitrogens is 1. The number of hydrogen-bond acceptors (Lipinski definition) is 5. The van der Waals surface area contributed by atoms with Gasteiger partial charge in [-0.25, -0.2) is 4.98 Å². The predicted molar refractivity (Wildman–Crippen MR) is 116 cm³/mol. The number of aryl methyl sites for hydroxylation is 1. The van der Waals surface area contributed by atoms with Crippen LogP contribution >= 0.6 is 11.6 Å². The van der Waals surface area contributed by atoms with Gasteiger partial charge in [-0.05, 0) is 62.3 Å². The zero-order chi connectivity index (χ0) is 22.9. The molecule has 2 aromatic heterocycles. The van der Waals surface area contributed by atoms with Gasteiger partial charge in [0.05, 0.1) is 17.8 Å². The van der Waals surface area contributed by atoms with Gasteiger partial charge in [-0.3, -0.25) is 10.1 Å². The molecule has 2 atom stereocenters. The van der Waals surface area contributed by atoms with Crippen LogP contribution in [0.5, 0.6) is 0 Å². The van der Waals surface area contributed by atoms with E-state index in [4.69, 9.17) is 11.6 Å². The summed E-state index contributed by atoms with van der Waals surface area (Å²) in [6.45, 7) is 1.92. The van der Waals surface area contributed by atoms with Crippen molar-refractivity contribution in [1.29, 1.82) is 0 Å². The first-order chi connectivity index (χ1) is 15.2. The third kappa shape index (κ3) is 4.82. The second-order valence-electron chi connectivity index (χ2n) is 7.93. The summed E-state index contributed by atoms with van der Waals surface area (Å²) in [5.41, 5.74) is 0.779. The molecule has 3 aromatic rings. The Morgan fingerprint density at radius 3 is 2.88 bits per heavy atom. The quantitative estimate of drug-likeness (QED) is 0.422. The first-order valence-electron chi connectivity index (χ1n) is 10.5. The predicted octanol–water partition coefficient (Wildman–Crippen LogP) is 4.72. The molecular weight excluding hydrogens is 443 g/mol. The Hall–Kier alpha value is -2.81. The molecular formula is C22H22ClF3N5O-. The molecule has 2 N–H and O–H groups in total. The Morgan fingerprint density at radius 1 is 1.31 bits per heavy atom. The Morgan fingerprint density at radius 2 is 2.12 bits per heavy atom. The van der Waals surface area contributed by atoms with Crippen LogP contribution in [0.3, 0.4) is 0 Å². The standard InChI is InChI=1S/C22H23ClF3N5O/c1-2-17-16(11-27-31-17)21(32)29-14-5-3-4-13(9-14)28-19-10-20(22(24,25)26)30-18-7-6-12(23)8-15(18)19/h6-8,10-11,13-14H,2-5,9H2,1H3,(H,27,31)(H,28,30)(H,29,32)/p-1/t13-,14?/m0/s1.